The molecule has 7 nitrogen and oxygen atoms in total. The third-order valence-electron chi connectivity index (χ3n) is 3.95. The van der Waals surface area contributed by atoms with Crippen molar-refractivity contribution >= 4 is 6.09 Å². The third kappa shape index (κ3) is 5.82. The first-order valence-corrected chi connectivity index (χ1v) is 8.42. The maximum Gasteiger partial charge on any atom is 0.410 e. The number of aromatic amines is 1. The Morgan fingerprint density at radius 1 is 1.57 bits per heavy atom. The van der Waals surface area contributed by atoms with Crippen molar-refractivity contribution in [2.45, 2.75) is 71.1 Å². The SMILES string of the molecule is CC(CC1CCCN1C(=O)OC(C)(C)C)NCCc1ncn[nH]1. The predicted octanol–water partition coefficient (Wildman–Crippen LogP) is 2.11. The van der Waals surface area contributed by atoms with E-state index in [2.05, 4.69) is 27.4 Å². The monoisotopic (exact) mass is 323 g/mol. The number of carbonyl (C=O) groups excluding carboxylic acids is 1. The molecule has 1 aromatic rings. The molecule has 0 radical (unpaired) electrons. The van der Waals surface area contributed by atoms with Crippen molar-refractivity contribution in [1.82, 2.24) is 25.4 Å². The van der Waals surface area contributed by atoms with Crippen LogP contribution in [0.15, 0.2) is 6.33 Å². The summed E-state index contributed by atoms with van der Waals surface area (Å²) >= 11 is 0. The Morgan fingerprint density at radius 3 is 3.00 bits per heavy atom. The van der Waals surface area contributed by atoms with Crippen molar-refractivity contribution < 1.29 is 9.53 Å². The normalized spacial score (nSPS) is 19.8. The lowest BCUT2D eigenvalue weighted by Gasteiger charge is -2.30. The van der Waals surface area contributed by atoms with Crippen molar-refractivity contribution in [2.24, 2.45) is 0 Å². The van der Waals surface area contributed by atoms with Gasteiger partial charge in [0.25, 0.3) is 0 Å². The number of rotatable bonds is 6. The second kappa shape index (κ2) is 7.77. The number of H-pyrrole nitrogens is 1. The number of likely N-dealkylation sites (tertiary alicyclic amines) is 1. The zero-order valence-electron chi connectivity index (χ0n) is 14.6. The smallest absolute Gasteiger partial charge is 0.410 e. The summed E-state index contributed by atoms with van der Waals surface area (Å²) in [5.41, 5.74) is -0.439. The molecular weight excluding hydrogens is 294 g/mol. The summed E-state index contributed by atoms with van der Waals surface area (Å²) in [7, 11) is 0. The minimum Gasteiger partial charge on any atom is -0.444 e. The second-order valence-corrected chi connectivity index (χ2v) is 7.24. The summed E-state index contributed by atoms with van der Waals surface area (Å²) in [5, 5.41) is 10.2. The van der Waals surface area contributed by atoms with Gasteiger partial charge >= 0.3 is 6.09 Å². The van der Waals surface area contributed by atoms with Gasteiger partial charge in [0.1, 0.15) is 17.8 Å². The van der Waals surface area contributed by atoms with E-state index in [1.807, 2.05) is 25.7 Å². The van der Waals surface area contributed by atoms with Gasteiger partial charge in [-0.15, -0.1) is 0 Å². The van der Waals surface area contributed by atoms with Crippen LogP contribution in [0.2, 0.25) is 0 Å². The van der Waals surface area contributed by atoms with Gasteiger partial charge in [-0.1, -0.05) is 0 Å². The van der Waals surface area contributed by atoms with E-state index in [0.29, 0.717) is 6.04 Å². The molecule has 0 bridgehead atoms. The first-order chi connectivity index (χ1) is 10.8. The van der Waals surface area contributed by atoms with Crippen LogP contribution in [-0.2, 0) is 11.2 Å². The Morgan fingerprint density at radius 2 is 2.35 bits per heavy atom. The molecule has 0 saturated carbocycles. The third-order valence-corrected chi connectivity index (χ3v) is 3.95. The van der Waals surface area contributed by atoms with Crippen LogP contribution in [0.1, 0.15) is 52.8 Å². The van der Waals surface area contributed by atoms with Crippen molar-refractivity contribution in [1.29, 1.82) is 0 Å². The molecule has 2 rings (SSSR count). The molecule has 2 N–H and O–H groups in total. The average Bonchev–Trinajstić information content (AvgIpc) is 3.07. The van der Waals surface area contributed by atoms with Gasteiger partial charge in [-0.3, -0.25) is 5.10 Å². The second-order valence-electron chi connectivity index (χ2n) is 7.24. The number of aromatic nitrogens is 3. The van der Waals surface area contributed by atoms with E-state index >= 15 is 0 Å². The number of amides is 1. The number of nitrogens with zero attached hydrogens (tertiary/aromatic N) is 3. The van der Waals surface area contributed by atoms with E-state index in [9.17, 15) is 4.79 Å². The van der Waals surface area contributed by atoms with Crippen molar-refractivity contribution in [3.63, 3.8) is 0 Å². The molecule has 1 amide bonds. The molecule has 7 heteroatoms. The summed E-state index contributed by atoms with van der Waals surface area (Å²) in [5.74, 6) is 0.890. The molecule has 23 heavy (non-hydrogen) atoms. The molecule has 130 valence electrons. The predicted molar refractivity (Wildman–Crippen MR) is 88.1 cm³/mol. The maximum atomic E-state index is 12.3. The first-order valence-electron chi connectivity index (χ1n) is 8.42. The lowest BCUT2D eigenvalue weighted by Crippen LogP contribution is -2.42. The van der Waals surface area contributed by atoms with Crippen LogP contribution in [0.5, 0.6) is 0 Å². The van der Waals surface area contributed by atoms with Crippen LogP contribution in [0.3, 0.4) is 0 Å². The Bertz CT molecular complexity index is 483. The molecule has 2 heterocycles. The minimum absolute atomic E-state index is 0.186. The molecule has 1 aromatic heterocycles. The Kier molecular flexibility index (Phi) is 5.98. The zero-order chi connectivity index (χ0) is 16.9. The van der Waals surface area contributed by atoms with Gasteiger partial charge < -0.3 is 15.0 Å². The van der Waals surface area contributed by atoms with Crippen LogP contribution in [0.4, 0.5) is 4.79 Å². The molecule has 1 aliphatic rings. The van der Waals surface area contributed by atoms with Gasteiger partial charge in [0.2, 0.25) is 0 Å². The Labute approximate surface area is 138 Å². The molecular formula is C16H29N5O2. The summed E-state index contributed by atoms with van der Waals surface area (Å²) in [4.78, 5) is 18.3. The summed E-state index contributed by atoms with van der Waals surface area (Å²) in [6.07, 6.45) is 5.20. The van der Waals surface area contributed by atoms with Crippen LogP contribution in [-0.4, -0.2) is 56.9 Å². The van der Waals surface area contributed by atoms with Crippen LogP contribution in [0, 0.1) is 0 Å². The van der Waals surface area contributed by atoms with Crippen molar-refractivity contribution in [3.05, 3.63) is 12.2 Å². The van der Waals surface area contributed by atoms with Crippen molar-refractivity contribution in [3.8, 4) is 0 Å². The lowest BCUT2D eigenvalue weighted by atomic mass is 10.1. The van der Waals surface area contributed by atoms with Gasteiger partial charge in [-0.25, -0.2) is 9.78 Å². The fourth-order valence-electron chi connectivity index (χ4n) is 2.92. The van der Waals surface area contributed by atoms with E-state index in [4.69, 9.17) is 4.74 Å². The number of ether oxygens (including phenoxy) is 1. The molecule has 1 saturated heterocycles. The van der Waals surface area contributed by atoms with E-state index in [1.165, 1.54) is 6.33 Å². The topological polar surface area (TPSA) is 83.1 Å². The highest BCUT2D eigenvalue weighted by atomic mass is 16.6. The lowest BCUT2D eigenvalue weighted by molar-refractivity contribution is 0.0215. The fraction of sp³-hybridized carbons (Fsp3) is 0.812. The van der Waals surface area contributed by atoms with Crippen molar-refractivity contribution in [2.75, 3.05) is 13.1 Å². The highest BCUT2D eigenvalue weighted by Gasteiger charge is 2.32. The number of nitrogens with one attached hydrogen (secondary N) is 2. The summed E-state index contributed by atoms with van der Waals surface area (Å²) in [6, 6.07) is 0.601. The van der Waals surface area contributed by atoms with Gasteiger partial charge in [0.15, 0.2) is 0 Å². The highest BCUT2D eigenvalue weighted by Crippen LogP contribution is 2.24. The molecule has 1 fully saturated rings. The van der Waals surface area contributed by atoms with Gasteiger partial charge in [-0.05, 0) is 47.0 Å². The Balaban J connectivity index is 1.75. The molecule has 0 spiro atoms. The molecule has 2 atom stereocenters. The van der Waals surface area contributed by atoms with E-state index < -0.39 is 5.60 Å². The first kappa shape index (κ1) is 17.7. The number of hydrogen-bond acceptors (Lipinski definition) is 5. The van der Waals surface area contributed by atoms with Crippen LogP contribution in [0.25, 0.3) is 0 Å². The fourth-order valence-corrected chi connectivity index (χ4v) is 2.92. The molecule has 0 aliphatic carbocycles. The van der Waals surface area contributed by atoms with Gasteiger partial charge in [0, 0.05) is 31.6 Å². The largest absolute Gasteiger partial charge is 0.444 e. The zero-order valence-corrected chi connectivity index (χ0v) is 14.6. The summed E-state index contributed by atoms with van der Waals surface area (Å²) < 4.78 is 5.51. The van der Waals surface area contributed by atoms with Crippen LogP contribution < -0.4 is 5.32 Å². The Hall–Kier alpha value is -1.63. The molecule has 0 aromatic carbocycles. The highest BCUT2D eigenvalue weighted by molar-refractivity contribution is 5.68. The van der Waals surface area contributed by atoms with Gasteiger partial charge in [0.05, 0.1) is 0 Å². The minimum atomic E-state index is -0.439. The van der Waals surface area contributed by atoms with Crippen LogP contribution >= 0.6 is 0 Å². The quantitative estimate of drug-likeness (QED) is 0.838. The number of hydrogen-bond donors (Lipinski definition) is 2. The van der Waals surface area contributed by atoms with Gasteiger partial charge in [-0.2, -0.15) is 5.10 Å². The van der Waals surface area contributed by atoms with E-state index in [0.717, 1.165) is 44.6 Å². The maximum absolute atomic E-state index is 12.3. The summed E-state index contributed by atoms with van der Waals surface area (Å²) in [6.45, 7) is 9.52. The van der Waals surface area contributed by atoms with E-state index in [-0.39, 0.29) is 12.1 Å². The number of carbonyl (C=O) groups is 1. The average molecular weight is 323 g/mol. The standard InChI is InChI=1S/C16H29N5O2/c1-12(17-8-7-14-18-11-19-20-14)10-13-6-5-9-21(13)15(22)23-16(2,3)4/h11-13,17H,5-10H2,1-4H3,(H,18,19,20). The molecule has 2 unspecified atom stereocenters. The molecule has 1 aliphatic heterocycles. The van der Waals surface area contributed by atoms with E-state index in [1.54, 1.807) is 0 Å².